The predicted molar refractivity (Wildman–Crippen MR) is 44.6 cm³/mol. The van der Waals surface area contributed by atoms with Crippen LogP contribution in [0.4, 0.5) is 0 Å². The fraction of sp³-hybridized carbons (Fsp3) is 1.00. The van der Waals surface area contributed by atoms with Crippen molar-refractivity contribution in [2.45, 2.75) is 19.8 Å². The monoisotopic (exact) mass is 168 g/mol. The molecule has 0 radical (unpaired) electrons. The van der Waals surface area contributed by atoms with Crippen molar-refractivity contribution in [3.8, 4) is 0 Å². The minimum atomic E-state index is -2.94. The summed E-state index contributed by atoms with van der Waals surface area (Å²) in [4.78, 5) is 0. The second-order valence-electron chi connectivity index (χ2n) is 2.27. The van der Waals surface area contributed by atoms with Crippen molar-refractivity contribution in [3.63, 3.8) is 0 Å². The highest BCUT2D eigenvalue weighted by molar-refractivity contribution is 8.20. The molecule has 0 aromatic carbocycles. The lowest BCUT2D eigenvalue weighted by atomic mass is 10.3. The van der Waals surface area contributed by atoms with Crippen LogP contribution in [-0.2, 0) is 0 Å². The quantitative estimate of drug-likeness (QED) is 0.591. The molecule has 4 nitrogen and oxygen atoms in total. The van der Waals surface area contributed by atoms with E-state index in [1.165, 1.54) is 4.31 Å². The van der Waals surface area contributed by atoms with E-state index < -0.39 is 11.0 Å². The summed E-state index contributed by atoms with van der Waals surface area (Å²) in [5.41, 5.74) is 0. The SMILES string of the molecule is CCCCN(C)S(N)(O)O. The Kier molecular flexibility index (Phi) is 4.23. The van der Waals surface area contributed by atoms with E-state index in [0.29, 0.717) is 6.54 Å². The number of rotatable bonds is 4. The van der Waals surface area contributed by atoms with E-state index in [4.69, 9.17) is 14.2 Å². The van der Waals surface area contributed by atoms with Crippen molar-refractivity contribution < 1.29 is 9.11 Å². The van der Waals surface area contributed by atoms with E-state index in [1.54, 1.807) is 7.05 Å². The number of unbranched alkanes of at least 4 members (excludes halogenated alkanes) is 1. The summed E-state index contributed by atoms with van der Waals surface area (Å²) in [6.45, 7) is 2.67. The molecule has 0 aromatic rings. The third-order valence-corrected chi connectivity index (χ3v) is 2.39. The van der Waals surface area contributed by atoms with Crippen molar-refractivity contribution >= 4 is 11.0 Å². The Morgan fingerprint density at radius 3 is 2.30 bits per heavy atom. The highest BCUT2D eigenvalue weighted by Crippen LogP contribution is 2.31. The van der Waals surface area contributed by atoms with Gasteiger partial charge >= 0.3 is 0 Å². The summed E-state index contributed by atoms with van der Waals surface area (Å²) in [5, 5.41) is 5.04. The van der Waals surface area contributed by atoms with Gasteiger partial charge in [-0.25, -0.2) is 5.14 Å². The maximum absolute atomic E-state index is 8.86. The topological polar surface area (TPSA) is 69.7 Å². The number of hydrogen-bond donors (Lipinski definition) is 3. The molecule has 10 heavy (non-hydrogen) atoms. The third kappa shape index (κ3) is 4.08. The molecule has 0 spiro atoms. The average Bonchev–Trinajstić information content (AvgIpc) is 1.80. The van der Waals surface area contributed by atoms with Crippen LogP contribution >= 0.6 is 11.0 Å². The maximum Gasteiger partial charge on any atom is 0.0188 e. The van der Waals surface area contributed by atoms with Crippen molar-refractivity contribution in [2.75, 3.05) is 13.6 Å². The Balaban J connectivity index is 3.52. The van der Waals surface area contributed by atoms with Crippen LogP contribution in [0.25, 0.3) is 0 Å². The minimum absolute atomic E-state index is 0.634. The molecule has 0 saturated carbocycles. The molecular weight excluding hydrogens is 152 g/mol. The molecule has 0 aromatic heterocycles. The van der Waals surface area contributed by atoms with Gasteiger partial charge in [-0.15, -0.1) is 0 Å². The standard InChI is InChI=1S/C5H16N2O2S/c1-3-4-5-7(2)10(6,8)9/h8-9H,3-6H2,1-2H3. The van der Waals surface area contributed by atoms with Crippen LogP contribution in [0.3, 0.4) is 0 Å². The molecule has 0 unspecified atom stereocenters. The first-order valence-corrected chi connectivity index (χ1v) is 4.82. The molecule has 5 heteroatoms. The van der Waals surface area contributed by atoms with Crippen molar-refractivity contribution in [1.29, 1.82) is 0 Å². The van der Waals surface area contributed by atoms with Crippen molar-refractivity contribution in [2.24, 2.45) is 5.14 Å². The van der Waals surface area contributed by atoms with Gasteiger partial charge in [-0.3, -0.25) is 9.11 Å². The molecule has 4 N–H and O–H groups in total. The van der Waals surface area contributed by atoms with Crippen LogP contribution in [-0.4, -0.2) is 27.0 Å². The molecule has 0 atom stereocenters. The third-order valence-electron chi connectivity index (χ3n) is 1.29. The second kappa shape index (κ2) is 4.15. The van der Waals surface area contributed by atoms with Crippen LogP contribution in [0.1, 0.15) is 19.8 Å². The molecule has 0 aliphatic heterocycles. The van der Waals surface area contributed by atoms with E-state index >= 15 is 0 Å². The fourth-order valence-electron chi connectivity index (χ4n) is 0.515. The zero-order valence-corrected chi connectivity index (χ0v) is 7.27. The zero-order valence-electron chi connectivity index (χ0n) is 6.45. The van der Waals surface area contributed by atoms with Gasteiger partial charge in [0.2, 0.25) is 0 Å². The fourth-order valence-corrected chi connectivity index (χ4v) is 0.913. The summed E-state index contributed by atoms with van der Waals surface area (Å²) in [5.74, 6) is 0. The Labute approximate surface area is 63.6 Å². The van der Waals surface area contributed by atoms with Crippen molar-refractivity contribution in [1.82, 2.24) is 4.31 Å². The van der Waals surface area contributed by atoms with Crippen LogP contribution < -0.4 is 5.14 Å². The summed E-state index contributed by atoms with van der Waals surface area (Å²) in [7, 11) is -1.34. The van der Waals surface area contributed by atoms with E-state index in [0.717, 1.165) is 12.8 Å². The molecule has 0 bridgehead atoms. The lowest BCUT2D eigenvalue weighted by Gasteiger charge is -2.35. The van der Waals surface area contributed by atoms with Crippen LogP contribution in [0.5, 0.6) is 0 Å². The summed E-state index contributed by atoms with van der Waals surface area (Å²) >= 11 is 0. The predicted octanol–water partition coefficient (Wildman–Crippen LogP) is 1.26. The van der Waals surface area contributed by atoms with Gasteiger partial charge in [0.15, 0.2) is 0 Å². The van der Waals surface area contributed by atoms with Crippen LogP contribution in [0.15, 0.2) is 0 Å². The first-order valence-electron chi connectivity index (χ1n) is 3.25. The molecule has 0 aliphatic carbocycles. The van der Waals surface area contributed by atoms with Gasteiger partial charge in [0.1, 0.15) is 0 Å². The highest BCUT2D eigenvalue weighted by Gasteiger charge is 2.10. The van der Waals surface area contributed by atoms with Crippen LogP contribution in [0, 0.1) is 0 Å². The second-order valence-corrected chi connectivity index (χ2v) is 4.01. The summed E-state index contributed by atoms with van der Waals surface area (Å²) < 4.78 is 19.1. The Morgan fingerprint density at radius 1 is 1.50 bits per heavy atom. The number of nitrogens with two attached hydrogens (primary N) is 1. The number of nitrogens with zero attached hydrogens (tertiary/aromatic N) is 1. The Hall–Kier alpha value is 0.190. The normalized spacial score (nSPS) is 14.2. The Bertz CT molecular complexity index is 94.1. The van der Waals surface area contributed by atoms with Gasteiger partial charge in [-0.1, -0.05) is 24.3 Å². The highest BCUT2D eigenvalue weighted by atomic mass is 32.3. The number of hydrogen-bond acceptors (Lipinski definition) is 4. The largest absolute Gasteiger partial charge is 0.273 e. The summed E-state index contributed by atoms with van der Waals surface area (Å²) in [6.07, 6.45) is 1.96. The summed E-state index contributed by atoms with van der Waals surface area (Å²) in [6, 6.07) is 0. The molecule has 0 rings (SSSR count). The zero-order chi connectivity index (χ0) is 8.20. The van der Waals surface area contributed by atoms with Gasteiger partial charge in [0, 0.05) is 13.6 Å². The smallest absolute Gasteiger partial charge is 0.0188 e. The molecule has 0 fully saturated rings. The molecule has 0 saturated heterocycles. The molecule has 0 amide bonds. The molecule has 0 aliphatic rings. The Morgan fingerprint density at radius 2 is 2.00 bits per heavy atom. The molecule has 64 valence electrons. The van der Waals surface area contributed by atoms with Gasteiger partial charge in [0.25, 0.3) is 0 Å². The van der Waals surface area contributed by atoms with Crippen molar-refractivity contribution in [3.05, 3.63) is 0 Å². The maximum atomic E-state index is 8.86. The minimum Gasteiger partial charge on any atom is -0.273 e. The van der Waals surface area contributed by atoms with Gasteiger partial charge < -0.3 is 0 Å². The average molecular weight is 168 g/mol. The van der Waals surface area contributed by atoms with Crippen LogP contribution in [0.2, 0.25) is 0 Å². The van der Waals surface area contributed by atoms with E-state index in [1.807, 2.05) is 6.92 Å². The van der Waals surface area contributed by atoms with Gasteiger partial charge in [-0.05, 0) is 6.42 Å². The lowest BCUT2D eigenvalue weighted by molar-refractivity contribution is 0.380. The first-order chi connectivity index (χ1) is 4.48. The van der Waals surface area contributed by atoms with E-state index in [9.17, 15) is 0 Å². The van der Waals surface area contributed by atoms with E-state index in [2.05, 4.69) is 0 Å². The van der Waals surface area contributed by atoms with Gasteiger partial charge in [-0.2, -0.15) is 4.31 Å². The van der Waals surface area contributed by atoms with Gasteiger partial charge in [0.05, 0.1) is 0 Å². The van der Waals surface area contributed by atoms with E-state index in [-0.39, 0.29) is 0 Å². The molecular formula is C5H16N2O2S. The molecule has 0 heterocycles. The lowest BCUT2D eigenvalue weighted by Crippen LogP contribution is -2.29. The first kappa shape index (κ1) is 10.2.